The van der Waals surface area contributed by atoms with Crippen LogP contribution in [0.15, 0.2) is 105 Å². The topological polar surface area (TPSA) is 265 Å². The van der Waals surface area contributed by atoms with Crippen LogP contribution >= 0.6 is 0 Å². The van der Waals surface area contributed by atoms with Gasteiger partial charge in [-0.05, 0) is 49.2 Å². The van der Waals surface area contributed by atoms with Crippen molar-refractivity contribution in [2.75, 3.05) is 19.2 Å². The van der Waals surface area contributed by atoms with Crippen molar-refractivity contribution in [3.63, 3.8) is 0 Å². The lowest BCUT2D eigenvalue weighted by molar-refractivity contribution is 0.262. The number of carbonyl (C=O) groups is 1. The molecule has 2 aliphatic rings. The quantitative estimate of drug-likeness (QED) is 0.108. The number of fused-ring (bicyclic) bond motifs is 6. The summed E-state index contributed by atoms with van der Waals surface area (Å²) in [5.41, 5.74) is -2.05. The molecule has 0 fully saturated rings. The highest BCUT2D eigenvalue weighted by molar-refractivity contribution is 7.94. The molecule has 56 heavy (non-hydrogen) atoms. The molecule has 6 N–H and O–H groups in total. The van der Waals surface area contributed by atoms with Gasteiger partial charge in [0.1, 0.15) is 42.5 Å². The Labute approximate surface area is 318 Å². The highest BCUT2D eigenvalue weighted by atomic mass is 32.2. The van der Waals surface area contributed by atoms with E-state index in [1.165, 1.54) is 86.6 Å². The molecular formula is C35H26N4O13S4. The largest absolute Gasteiger partial charge is 0.505 e. The van der Waals surface area contributed by atoms with Crippen LogP contribution in [-0.2, 0) is 40.3 Å². The third kappa shape index (κ3) is 5.27. The van der Waals surface area contributed by atoms with Crippen LogP contribution in [0, 0.1) is 13.8 Å². The normalized spacial score (nSPS) is 15.4. The first kappa shape index (κ1) is 37.0. The number of sulfonamides is 2. The number of nitrogens with one attached hydrogen (secondary N) is 2. The molecule has 2 aliphatic heterocycles. The van der Waals surface area contributed by atoms with Crippen molar-refractivity contribution in [2.45, 2.75) is 33.4 Å². The molecule has 4 bridgehead atoms. The molecule has 0 radical (unpaired) electrons. The van der Waals surface area contributed by atoms with Crippen molar-refractivity contribution in [3.05, 3.63) is 96.1 Å². The van der Waals surface area contributed by atoms with Gasteiger partial charge in [-0.3, -0.25) is 9.11 Å². The van der Waals surface area contributed by atoms with Crippen LogP contribution in [0.3, 0.4) is 0 Å². The summed E-state index contributed by atoms with van der Waals surface area (Å²) in [5.74, 6) is -1.32. The van der Waals surface area contributed by atoms with Gasteiger partial charge in [0.05, 0.1) is 22.7 Å². The summed E-state index contributed by atoms with van der Waals surface area (Å²) in [5, 5.41) is 27.1. The molecule has 6 aromatic rings. The van der Waals surface area contributed by atoms with E-state index < -0.39 is 88.8 Å². The average molecular weight is 839 g/mol. The van der Waals surface area contributed by atoms with Crippen LogP contribution in [-0.4, -0.2) is 59.0 Å². The second-order valence-electron chi connectivity index (χ2n) is 12.9. The van der Waals surface area contributed by atoms with Gasteiger partial charge in [0.2, 0.25) is 0 Å². The first-order chi connectivity index (χ1) is 26.2. The maximum atomic E-state index is 14.2. The Morgan fingerprint density at radius 1 is 0.554 bits per heavy atom. The van der Waals surface area contributed by atoms with Gasteiger partial charge in [-0.1, -0.05) is 60.7 Å². The zero-order chi connectivity index (χ0) is 40.4. The third-order valence-electron chi connectivity index (χ3n) is 9.49. The second kappa shape index (κ2) is 12.0. The van der Waals surface area contributed by atoms with Gasteiger partial charge >= 0.3 is 6.03 Å². The lowest BCUT2D eigenvalue weighted by Crippen LogP contribution is -2.22. The van der Waals surface area contributed by atoms with Gasteiger partial charge in [-0.25, -0.2) is 30.2 Å². The van der Waals surface area contributed by atoms with Crippen LogP contribution in [0.2, 0.25) is 0 Å². The fourth-order valence-corrected chi connectivity index (χ4v) is 12.4. The number of aryl methyl sites for hydroxylation is 2. The number of amides is 2. The molecule has 21 heteroatoms. The maximum Gasteiger partial charge on any atom is 0.323 e. The van der Waals surface area contributed by atoms with Gasteiger partial charge < -0.3 is 20.8 Å². The molecule has 8 rings (SSSR count). The summed E-state index contributed by atoms with van der Waals surface area (Å²) < 4.78 is 128. The first-order valence-electron chi connectivity index (χ1n) is 16.1. The Morgan fingerprint density at radius 3 is 1.23 bits per heavy atom. The Hall–Kier alpha value is -5.97. The molecular weight excluding hydrogens is 813 g/mol. The van der Waals surface area contributed by atoms with E-state index in [9.17, 15) is 57.8 Å². The number of hydrogen-bond donors (Lipinski definition) is 6. The highest BCUT2D eigenvalue weighted by Crippen LogP contribution is 2.55. The summed E-state index contributed by atoms with van der Waals surface area (Å²) in [7, 11) is -19.3. The number of carbonyl (C=O) groups excluding carboxylic acids is 1. The predicted molar refractivity (Wildman–Crippen MR) is 205 cm³/mol. The van der Waals surface area contributed by atoms with Gasteiger partial charge in [0.15, 0.2) is 0 Å². The Kier molecular flexibility index (Phi) is 7.93. The number of phenols is 2. The van der Waals surface area contributed by atoms with Crippen molar-refractivity contribution in [1.82, 2.24) is 0 Å². The molecule has 0 aliphatic carbocycles. The molecule has 0 saturated heterocycles. The molecule has 2 amide bonds. The fraction of sp³-hybridized carbons (Fsp3) is 0.0571. The average Bonchev–Trinajstić information content (AvgIpc) is 3.36. The van der Waals surface area contributed by atoms with E-state index in [0.717, 1.165) is 12.1 Å². The summed E-state index contributed by atoms with van der Waals surface area (Å²) >= 11 is 0. The van der Waals surface area contributed by atoms with Crippen molar-refractivity contribution >= 4 is 102 Å². The second-order valence-corrected chi connectivity index (χ2v) is 19.1. The molecule has 0 atom stereocenters. The molecule has 6 aromatic carbocycles. The van der Waals surface area contributed by atoms with Crippen LogP contribution in [0.25, 0.3) is 21.5 Å². The number of anilines is 6. The predicted octanol–water partition coefficient (Wildman–Crippen LogP) is 5.84. The molecule has 0 unspecified atom stereocenters. The monoisotopic (exact) mass is 838 g/mol. The number of urea groups is 1. The molecule has 0 spiro atoms. The zero-order valence-electron chi connectivity index (χ0n) is 28.6. The minimum Gasteiger partial charge on any atom is -0.505 e. The number of hydrogen-bond acceptors (Lipinski definition) is 11. The van der Waals surface area contributed by atoms with Crippen LogP contribution in [0.1, 0.15) is 11.1 Å². The standard InChI is InChI=1S/C35H26N4O13S4/c1-17-11-13-23-29(33(17)53(43,44)38(23)25-15-27(55(47,48)49)19-7-3-5-9-21(19)31(25)40)36-35(42)37-30-24-14-12-18(2)34(30)54(45,46)39(24)26-16-28(56(50,51)52)20-8-4-6-10-22(20)32(26)41/h3-16,40-41H,1-2H3,(H2,36,37,42)(H,47,48,49)(H,50,51,52). The Bertz CT molecular complexity index is 3050. The van der Waals surface area contributed by atoms with E-state index >= 15 is 0 Å². The van der Waals surface area contributed by atoms with E-state index in [1.807, 2.05) is 0 Å². The Morgan fingerprint density at radius 2 is 0.893 bits per heavy atom. The number of aromatic hydroxyl groups is 2. The lowest BCUT2D eigenvalue weighted by Gasteiger charge is -2.21. The van der Waals surface area contributed by atoms with Crippen molar-refractivity contribution < 1.29 is 57.8 Å². The van der Waals surface area contributed by atoms with Gasteiger partial charge in [0.25, 0.3) is 40.3 Å². The molecule has 288 valence electrons. The Balaban J connectivity index is 1.24. The minimum absolute atomic E-state index is 0.0982. The fourth-order valence-electron chi connectivity index (χ4n) is 7.18. The van der Waals surface area contributed by atoms with E-state index in [4.69, 9.17) is 0 Å². The molecule has 0 saturated carbocycles. The number of nitrogens with zero attached hydrogens (tertiary/aromatic N) is 2. The van der Waals surface area contributed by atoms with E-state index in [0.29, 0.717) is 8.61 Å². The number of benzene rings is 6. The number of phenolic OH excluding ortho intramolecular Hbond substituents is 2. The lowest BCUT2D eigenvalue weighted by atomic mass is 10.1. The molecule has 2 heterocycles. The van der Waals surface area contributed by atoms with E-state index in [1.54, 1.807) is 0 Å². The van der Waals surface area contributed by atoms with Crippen LogP contribution in [0.4, 0.5) is 38.9 Å². The summed E-state index contributed by atoms with van der Waals surface area (Å²) in [6.45, 7) is 2.83. The van der Waals surface area contributed by atoms with Crippen LogP contribution in [0.5, 0.6) is 11.5 Å². The number of rotatable bonds is 6. The van der Waals surface area contributed by atoms with Crippen molar-refractivity contribution in [3.8, 4) is 11.5 Å². The summed E-state index contributed by atoms with van der Waals surface area (Å²) in [6, 6.07) is 16.8. The summed E-state index contributed by atoms with van der Waals surface area (Å²) in [4.78, 5) is 11.6. The SMILES string of the molecule is Cc1ccc2c(NC(=O)Nc3c4ccc(C)c3S(=O)(=O)N4c3cc(S(=O)(=O)O)c4ccccc4c3O)c1S(=O)(=O)N2c1cc(S(=O)(=O)O)c2ccccc2c1O. The van der Waals surface area contributed by atoms with E-state index in [-0.39, 0.29) is 55.4 Å². The smallest absolute Gasteiger partial charge is 0.323 e. The van der Waals surface area contributed by atoms with Gasteiger partial charge in [-0.2, -0.15) is 16.8 Å². The molecule has 0 aromatic heterocycles. The summed E-state index contributed by atoms with van der Waals surface area (Å²) in [6.07, 6.45) is 0. The maximum absolute atomic E-state index is 14.2. The minimum atomic E-state index is -4.97. The zero-order valence-corrected chi connectivity index (χ0v) is 31.8. The highest BCUT2D eigenvalue weighted by Gasteiger charge is 2.45. The van der Waals surface area contributed by atoms with Gasteiger partial charge in [-0.15, -0.1) is 0 Å². The third-order valence-corrected chi connectivity index (χ3v) is 15.1. The molecule has 17 nitrogen and oxygen atoms in total. The van der Waals surface area contributed by atoms with E-state index in [2.05, 4.69) is 10.6 Å². The van der Waals surface area contributed by atoms with Gasteiger partial charge in [0, 0.05) is 21.5 Å². The van der Waals surface area contributed by atoms with Crippen molar-refractivity contribution in [1.29, 1.82) is 0 Å². The first-order valence-corrected chi connectivity index (χ1v) is 21.8. The van der Waals surface area contributed by atoms with Crippen LogP contribution < -0.4 is 19.2 Å². The van der Waals surface area contributed by atoms with Crippen molar-refractivity contribution in [2.24, 2.45) is 0 Å².